The number of esters is 3. The molecule has 1 fully saturated rings. The smallest absolute Gasteiger partial charge is 0.347 e. The molecule has 10 heteroatoms. The van der Waals surface area contributed by atoms with Crippen molar-refractivity contribution in [2.24, 2.45) is 0 Å². The van der Waals surface area contributed by atoms with Crippen molar-refractivity contribution in [3.8, 4) is 0 Å². The van der Waals surface area contributed by atoms with Crippen LogP contribution in [0.3, 0.4) is 0 Å². The van der Waals surface area contributed by atoms with Crippen LogP contribution >= 0.6 is 0 Å². The average molecular weight is 364 g/mol. The fraction of sp³-hybridized carbons (Fsp3) is 0.800. The van der Waals surface area contributed by atoms with E-state index >= 15 is 0 Å². The summed E-state index contributed by atoms with van der Waals surface area (Å²) in [5, 5.41) is 30.3. The van der Waals surface area contributed by atoms with Gasteiger partial charge in [0.1, 0.15) is 6.10 Å². The van der Waals surface area contributed by atoms with Gasteiger partial charge in [0.25, 0.3) is 6.10 Å². The standard InChI is InChI=1S/C15H24O10/c1-4-23-12(18)11(13(19)24-5-2)25-9-7-15(21,14(20)22-3)6-8(16)10(9)17/h8-11,16-17,21H,4-7H2,1-3H3/t8-,9+,10+,15-/m1/s1. The van der Waals surface area contributed by atoms with E-state index < -0.39 is 60.8 Å². The number of rotatable bonds is 7. The maximum Gasteiger partial charge on any atom is 0.347 e. The molecule has 25 heavy (non-hydrogen) atoms. The van der Waals surface area contributed by atoms with Gasteiger partial charge in [-0.2, -0.15) is 0 Å². The molecule has 3 N–H and O–H groups in total. The van der Waals surface area contributed by atoms with E-state index in [0.717, 1.165) is 7.11 Å². The zero-order valence-electron chi connectivity index (χ0n) is 14.3. The second kappa shape index (κ2) is 9.09. The molecular formula is C15H24O10. The Hall–Kier alpha value is -1.75. The van der Waals surface area contributed by atoms with Gasteiger partial charge < -0.3 is 34.3 Å². The van der Waals surface area contributed by atoms with Crippen LogP contribution in [0.4, 0.5) is 0 Å². The Morgan fingerprint density at radius 1 is 1.08 bits per heavy atom. The molecule has 0 spiro atoms. The molecular weight excluding hydrogens is 340 g/mol. The summed E-state index contributed by atoms with van der Waals surface area (Å²) in [4.78, 5) is 35.6. The first-order valence-electron chi connectivity index (χ1n) is 7.85. The molecule has 0 saturated heterocycles. The summed E-state index contributed by atoms with van der Waals surface area (Å²) >= 11 is 0. The van der Waals surface area contributed by atoms with Gasteiger partial charge in [0.15, 0.2) is 5.60 Å². The predicted molar refractivity (Wildman–Crippen MR) is 80.1 cm³/mol. The van der Waals surface area contributed by atoms with Crippen LogP contribution in [0.1, 0.15) is 26.7 Å². The summed E-state index contributed by atoms with van der Waals surface area (Å²) in [5.74, 6) is -3.12. The van der Waals surface area contributed by atoms with Gasteiger partial charge in [-0.1, -0.05) is 0 Å². The topological polar surface area (TPSA) is 149 Å². The quantitative estimate of drug-likeness (QED) is 0.271. The van der Waals surface area contributed by atoms with E-state index in [1.54, 1.807) is 0 Å². The Bertz CT molecular complexity index is 475. The highest BCUT2D eigenvalue weighted by Crippen LogP contribution is 2.32. The van der Waals surface area contributed by atoms with E-state index in [9.17, 15) is 29.7 Å². The predicted octanol–water partition coefficient (Wildman–Crippen LogP) is -1.71. The summed E-state index contributed by atoms with van der Waals surface area (Å²) in [6.07, 6.45) is -7.29. The second-order valence-corrected chi connectivity index (χ2v) is 5.55. The van der Waals surface area contributed by atoms with Crippen molar-refractivity contribution in [2.45, 2.75) is 56.7 Å². The number of aliphatic hydroxyl groups excluding tert-OH is 2. The summed E-state index contributed by atoms with van der Waals surface area (Å²) in [7, 11) is 1.05. The van der Waals surface area contributed by atoms with E-state index in [2.05, 4.69) is 4.74 Å². The monoisotopic (exact) mass is 364 g/mol. The van der Waals surface area contributed by atoms with Crippen LogP contribution in [-0.4, -0.2) is 83.6 Å². The molecule has 0 unspecified atom stereocenters. The molecule has 0 aliphatic heterocycles. The van der Waals surface area contributed by atoms with E-state index in [4.69, 9.17) is 14.2 Å². The Morgan fingerprint density at radius 2 is 1.60 bits per heavy atom. The van der Waals surface area contributed by atoms with Crippen LogP contribution in [0.25, 0.3) is 0 Å². The first kappa shape index (κ1) is 21.3. The van der Waals surface area contributed by atoms with Crippen LogP contribution in [0, 0.1) is 0 Å². The average Bonchev–Trinajstić information content (AvgIpc) is 2.56. The minimum absolute atomic E-state index is 0.0277. The van der Waals surface area contributed by atoms with Crippen LogP contribution in [0.15, 0.2) is 0 Å². The van der Waals surface area contributed by atoms with Crippen LogP contribution in [0.2, 0.25) is 0 Å². The maximum atomic E-state index is 11.9. The van der Waals surface area contributed by atoms with Crippen LogP contribution in [-0.2, 0) is 33.3 Å². The molecule has 1 rings (SSSR count). The molecule has 0 aromatic carbocycles. The largest absolute Gasteiger partial charge is 0.467 e. The van der Waals surface area contributed by atoms with Gasteiger partial charge in [-0.25, -0.2) is 14.4 Å². The number of ether oxygens (including phenoxy) is 4. The van der Waals surface area contributed by atoms with E-state index in [1.807, 2.05) is 0 Å². The summed E-state index contributed by atoms with van der Waals surface area (Å²) in [5.41, 5.74) is -2.13. The molecule has 4 atom stereocenters. The van der Waals surface area contributed by atoms with Gasteiger partial charge in [0.05, 0.1) is 32.5 Å². The molecule has 0 radical (unpaired) electrons. The minimum Gasteiger partial charge on any atom is -0.467 e. The molecule has 0 bridgehead atoms. The number of aliphatic hydroxyl groups is 3. The Balaban J connectivity index is 3.01. The van der Waals surface area contributed by atoms with E-state index in [-0.39, 0.29) is 13.2 Å². The lowest BCUT2D eigenvalue weighted by Gasteiger charge is -2.40. The molecule has 0 aromatic rings. The first-order valence-corrected chi connectivity index (χ1v) is 7.85. The third-order valence-corrected chi connectivity index (χ3v) is 3.74. The third-order valence-electron chi connectivity index (χ3n) is 3.74. The van der Waals surface area contributed by atoms with Gasteiger partial charge in [-0.3, -0.25) is 0 Å². The number of hydrogen-bond donors (Lipinski definition) is 3. The third kappa shape index (κ3) is 5.11. The fourth-order valence-corrected chi connectivity index (χ4v) is 2.55. The van der Waals surface area contributed by atoms with Crippen molar-refractivity contribution >= 4 is 17.9 Å². The van der Waals surface area contributed by atoms with Gasteiger partial charge >= 0.3 is 17.9 Å². The van der Waals surface area contributed by atoms with Crippen molar-refractivity contribution in [2.75, 3.05) is 20.3 Å². The molecule has 0 aromatic heterocycles. The zero-order valence-corrected chi connectivity index (χ0v) is 14.3. The normalized spacial score (nSPS) is 29.2. The van der Waals surface area contributed by atoms with Gasteiger partial charge in [0, 0.05) is 12.8 Å². The molecule has 144 valence electrons. The van der Waals surface area contributed by atoms with Gasteiger partial charge in [-0.15, -0.1) is 0 Å². The number of hydrogen-bond acceptors (Lipinski definition) is 10. The molecule has 1 aliphatic rings. The highest BCUT2D eigenvalue weighted by atomic mass is 16.6. The Labute approximate surface area is 144 Å². The van der Waals surface area contributed by atoms with Crippen LogP contribution < -0.4 is 0 Å². The number of methoxy groups -OCH3 is 1. The van der Waals surface area contributed by atoms with E-state index in [1.165, 1.54) is 13.8 Å². The summed E-state index contributed by atoms with van der Waals surface area (Å²) < 4.78 is 19.2. The lowest BCUT2D eigenvalue weighted by molar-refractivity contribution is -0.212. The van der Waals surface area contributed by atoms with Crippen molar-refractivity contribution < 1.29 is 48.7 Å². The SMILES string of the molecule is CCOC(=O)C(O[C@H]1C[C@@](O)(C(=O)OC)C[C@@H](O)[C@@H]1O)C(=O)OCC. The maximum absolute atomic E-state index is 11.9. The number of carbonyl (C=O) groups is 3. The lowest BCUT2D eigenvalue weighted by Crippen LogP contribution is -2.58. The molecule has 1 saturated carbocycles. The second-order valence-electron chi connectivity index (χ2n) is 5.55. The highest BCUT2D eigenvalue weighted by molar-refractivity contribution is 5.98. The highest BCUT2D eigenvalue weighted by Gasteiger charge is 2.51. The molecule has 10 nitrogen and oxygen atoms in total. The lowest BCUT2D eigenvalue weighted by atomic mass is 9.79. The molecule has 0 amide bonds. The van der Waals surface area contributed by atoms with E-state index in [0.29, 0.717) is 0 Å². The first-order chi connectivity index (χ1) is 11.7. The fourth-order valence-electron chi connectivity index (χ4n) is 2.55. The number of carbonyl (C=O) groups excluding carboxylic acids is 3. The minimum atomic E-state index is -2.13. The van der Waals surface area contributed by atoms with Crippen molar-refractivity contribution in [3.63, 3.8) is 0 Å². The summed E-state index contributed by atoms with van der Waals surface area (Å²) in [6.45, 7) is 2.99. The Kier molecular flexibility index (Phi) is 7.74. The Morgan fingerprint density at radius 3 is 2.04 bits per heavy atom. The van der Waals surface area contributed by atoms with Gasteiger partial charge in [0.2, 0.25) is 0 Å². The molecule has 1 aliphatic carbocycles. The molecule has 0 heterocycles. The van der Waals surface area contributed by atoms with Crippen molar-refractivity contribution in [3.05, 3.63) is 0 Å². The van der Waals surface area contributed by atoms with Crippen molar-refractivity contribution in [1.82, 2.24) is 0 Å². The van der Waals surface area contributed by atoms with Crippen molar-refractivity contribution in [1.29, 1.82) is 0 Å². The zero-order chi connectivity index (χ0) is 19.2. The summed E-state index contributed by atoms with van der Waals surface area (Å²) in [6, 6.07) is 0. The van der Waals surface area contributed by atoms with Crippen LogP contribution in [0.5, 0.6) is 0 Å². The van der Waals surface area contributed by atoms with Gasteiger partial charge in [-0.05, 0) is 13.8 Å².